The standard InChI is InChI=1S/C39H49N3O14S4/c1-38(2)30-24-28(59(51,52)53)12-14-32(30)41(20-6-22-57(45,46)47)34(38)16-10-26-8-5-9-27(37(26)40-19-18-36(43)44)11-17-35-39(3,4)31-25-29(60(54,55)56)13-15-33(31)42(35)21-7-23-58(48,49)50/h10-17,24-25H,5-9,18-23H2,1-4H3,(H5,43,44,45,46,47,48,49,50,51,52,53,54,55,56)/p+1. The van der Waals surface area contributed by atoms with E-state index in [-0.39, 0.29) is 48.7 Å². The van der Waals surface area contributed by atoms with E-state index in [1.807, 2.05) is 61.5 Å². The SMILES string of the molecule is CC1(C)C(=CC=C2CCCC(C=CC3=[N+](CCCS(=O)(=O)O)c4ccc(S(=O)(=O)O)cc4C3(C)C)=C2NCCC(=O)O)N(CCCS(=O)(=O)O)c2ccc(S(=O)(=O)O)cc21. The Morgan fingerprint density at radius 1 is 0.783 bits per heavy atom. The number of benzene rings is 2. The van der Waals surface area contributed by atoms with E-state index in [0.29, 0.717) is 58.9 Å². The van der Waals surface area contributed by atoms with Crippen molar-refractivity contribution in [2.45, 2.75) is 86.8 Å². The summed E-state index contributed by atoms with van der Waals surface area (Å²) in [6.07, 6.45) is 9.04. The summed E-state index contributed by atoms with van der Waals surface area (Å²) < 4.78 is 135. The first-order chi connectivity index (χ1) is 27.6. The number of carboxylic acids is 1. The van der Waals surface area contributed by atoms with Gasteiger partial charge in [-0.05, 0) is 92.6 Å². The van der Waals surface area contributed by atoms with Crippen LogP contribution in [0.3, 0.4) is 0 Å². The molecule has 0 atom stereocenters. The van der Waals surface area contributed by atoms with E-state index in [4.69, 9.17) is 0 Å². The average Bonchev–Trinajstić information content (AvgIpc) is 3.45. The number of carboxylic acid groups (broad SMARTS) is 1. The summed E-state index contributed by atoms with van der Waals surface area (Å²) >= 11 is 0. The van der Waals surface area contributed by atoms with Gasteiger partial charge in [0, 0.05) is 59.7 Å². The monoisotopic (exact) mass is 912 g/mol. The second-order valence-corrected chi connectivity index (χ2v) is 21.9. The molecule has 17 nitrogen and oxygen atoms in total. The van der Waals surface area contributed by atoms with Crippen LogP contribution in [0.15, 0.2) is 93.0 Å². The zero-order valence-electron chi connectivity index (χ0n) is 33.5. The zero-order chi connectivity index (χ0) is 44.6. The van der Waals surface area contributed by atoms with Gasteiger partial charge in [-0.15, -0.1) is 0 Å². The number of hydrogen-bond donors (Lipinski definition) is 6. The van der Waals surface area contributed by atoms with Crippen LogP contribution in [0, 0.1) is 0 Å². The molecule has 21 heteroatoms. The van der Waals surface area contributed by atoms with Crippen LogP contribution in [0.2, 0.25) is 0 Å². The van der Waals surface area contributed by atoms with Gasteiger partial charge < -0.3 is 15.3 Å². The summed E-state index contributed by atoms with van der Waals surface area (Å²) in [4.78, 5) is 12.8. The lowest BCUT2D eigenvalue weighted by atomic mass is 9.81. The summed E-state index contributed by atoms with van der Waals surface area (Å²) in [5.41, 5.74) is 4.10. The smallest absolute Gasteiger partial charge is 0.305 e. The number of hydrogen-bond acceptors (Lipinski definition) is 11. The molecule has 0 amide bonds. The Balaban J connectivity index is 1.63. The molecule has 0 fully saturated rings. The Morgan fingerprint density at radius 2 is 1.38 bits per heavy atom. The zero-order valence-corrected chi connectivity index (χ0v) is 36.8. The summed E-state index contributed by atoms with van der Waals surface area (Å²) in [7, 11) is -17.7. The molecule has 0 radical (unpaired) electrons. The lowest BCUT2D eigenvalue weighted by molar-refractivity contribution is -0.437. The highest BCUT2D eigenvalue weighted by atomic mass is 32.2. The third-order valence-corrected chi connectivity index (χ3v) is 14.3. The van der Waals surface area contributed by atoms with Crippen LogP contribution < -0.4 is 10.2 Å². The molecule has 6 N–H and O–H groups in total. The molecular formula is C39H50N3O14S4+. The van der Waals surface area contributed by atoms with Crippen molar-refractivity contribution in [2.24, 2.45) is 0 Å². The minimum atomic E-state index is -4.56. The first-order valence-corrected chi connectivity index (χ1v) is 25.1. The lowest BCUT2D eigenvalue weighted by Crippen LogP contribution is -2.28. The molecule has 0 aromatic heterocycles. The molecule has 0 unspecified atom stereocenters. The predicted molar refractivity (Wildman–Crippen MR) is 224 cm³/mol. The van der Waals surface area contributed by atoms with Crippen LogP contribution in [0.5, 0.6) is 0 Å². The van der Waals surface area contributed by atoms with Crippen LogP contribution in [-0.2, 0) is 56.1 Å². The van der Waals surface area contributed by atoms with E-state index < -0.39 is 68.8 Å². The predicted octanol–water partition coefficient (Wildman–Crippen LogP) is 4.78. The molecule has 2 aromatic carbocycles. The molecular weight excluding hydrogens is 863 g/mol. The van der Waals surface area contributed by atoms with Gasteiger partial charge in [0.25, 0.3) is 40.5 Å². The Hall–Kier alpha value is -4.22. The molecule has 0 saturated carbocycles. The highest BCUT2D eigenvalue weighted by Gasteiger charge is 2.45. The fourth-order valence-electron chi connectivity index (χ4n) is 8.06. The number of fused-ring (bicyclic) bond motifs is 2. The van der Waals surface area contributed by atoms with Gasteiger partial charge in [0.05, 0.1) is 33.1 Å². The fourth-order valence-corrected chi connectivity index (χ4v) is 10.1. The Kier molecular flexibility index (Phi) is 13.5. The second-order valence-electron chi connectivity index (χ2n) is 15.9. The maximum Gasteiger partial charge on any atom is 0.305 e. The highest BCUT2D eigenvalue weighted by molar-refractivity contribution is 7.86. The topological polar surface area (TPSA) is 273 Å². The molecule has 2 aliphatic heterocycles. The molecule has 60 heavy (non-hydrogen) atoms. The third kappa shape index (κ3) is 10.8. The van der Waals surface area contributed by atoms with Crippen molar-refractivity contribution in [3.8, 4) is 0 Å². The van der Waals surface area contributed by atoms with Crippen LogP contribution in [-0.4, -0.2) is 104 Å². The van der Waals surface area contributed by atoms with Gasteiger partial charge in [-0.2, -0.15) is 38.2 Å². The van der Waals surface area contributed by atoms with E-state index in [1.54, 1.807) is 0 Å². The van der Waals surface area contributed by atoms with Gasteiger partial charge in [0.15, 0.2) is 5.71 Å². The summed E-state index contributed by atoms with van der Waals surface area (Å²) in [5, 5.41) is 12.8. The number of nitrogens with one attached hydrogen (secondary N) is 1. The first-order valence-electron chi connectivity index (χ1n) is 19.0. The largest absolute Gasteiger partial charge is 0.481 e. The fraction of sp³-hybridized carbons (Fsp3) is 0.436. The third-order valence-electron chi connectivity index (χ3n) is 11.0. The second kappa shape index (κ2) is 17.3. The molecule has 1 aliphatic carbocycles. The van der Waals surface area contributed by atoms with Gasteiger partial charge in [0.1, 0.15) is 6.54 Å². The van der Waals surface area contributed by atoms with Crippen molar-refractivity contribution in [1.82, 2.24) is 5.32 Å². The molecule has 0 spiro atoms. The molecule has 328 valence electrons. The van der Waals surface area contributed by atoms with Gasteiger partial charge >= 0.3 is 5.97 Å². The molecule has 5 rings (SSSR count). The van der Waals surface area contributed by atoms with Crippen molar-refractivity contribution >= 4 is 63.5 Å². The molecule has 2 aromatic rings. The maximum absolute atomic E-state index is 12.1. The number of anilines is 1. The van der Waals surface area contributed by atoms with Gasteiger partial charge in [0.2, 0.25) is 5.69 Å². The lowest BCUT2D eigenvalue weighted by Gasteiger charge is -2.27. The Bertz CT molecular complexity index is 2690. The van der Waals surface area contributed by atoms with Crippen molar-refractivity contribution in [2.75, 3.05) is 36.0 Å². The number of carbonyl (C=O) groups is 1. The molecule has 0 bridgehead atoms. The van der Waals surface area contributed by atoms with E-state index in [0.717, 1.165) is 11.1 Å². The normalized spacial score (nSPS) is 19.4. The van der Waals surface area contributed by atoms with E-state index in [1.165, 1.54) is 36.4 Å². The number of aliphatic carboxylic acids is 1. The Labute approximate surface area is 350 Å². The van der Waals surface area contributed by atoms with Gasteiger partial charge in [-0.1, -0.05) is 26.0 Å². The quantitative estimate of drug-likeness (QED) is 0.0921. The van der Waals surface area contributed by atoms with Crippen LogP contribution >= 0.6 is 0 Å². The number of allylic oxidation sites excluding steroid dienone is 7. The summed E-state index contributed by atoms with van der Waals surface area (Å²) in [5.74, 6) is -2.06. The van der Waals surface area contributed by atoms with Crippen molar-refractivity contribution < 1.29 is 66.4 Å². The van der Waals surface area contributed by atoms with E-state index in [2.05, 4.69) is 5.32 Å². The van der Waals surface area contributed by atoms with E-state index >= 15 is 0 Å². The minimum absolute atomic E-state index is 0.0299. The van der Waals surface area contributed by atoms with Crippen molar-refractivity contribution in [3.63, 3.8) is 0 Å². The number of nitrogens with zero attached hydrogens (tertiary/aromatic N) is 2. The molecule has 0 saturated heterocycles. The number of rotatable bonds is 17. The van der Waals surface area contributed by atoms with Crippen molar-refractivity contribution in [1.29, 1.82) is 0 Å². The minimum Gasteiger partial charge on any atom is -0.481 e. The van der Waals surface area contributed by atoms with Gasteiger partial charge in [-0.3, -0.25) is 23.0 Å². The maximum atomic E-state index is 12.1. The van der Waals surface area contributed by atoms with Crippen LogP contribution in [0.1, 0.15) is 77.3 Å². The average molecular weight is 913 g/mol. The summed E-state index contributed by atoms with van der Waals surface area (Å²) in [6, 6.07) is 8.29. The first kappa shape index (κ1) is 46.8. The van der Waals surface area contributed by atoms with Crippen molar-refractivity contribution in [3.05, 3.63) is 94.4 Å². The summed E-state index contributed by atoms with van der Waals surface area (Å²) in [6.45, 7) is 7.73. The molecule has 2 heterocycles. The van der Waals surface area contributed by atoms with Crippen LogP contribution in [0.4, 0.5) is 11.4 Å². The molecule has 3 aliphatic rings. The van der Waals surface area contributed by atoms with Gasteiger partial charge in [-0.25, -0.2) is 0 Å². The Morgan fingerprint density at radius 3 is 1.98 bits per heavy atom. The van der Waals surface area contributed by atoms with E-state index in [9.17, 15) is 61.8 Å². The highest BCUT2D eigenvalue weighted by Crippen LogP contribution is 2.49. The van der Waals surface area contributed by atoms with Crippen LogP contribution in [0.25, 0.3) is 0 Å².